The van der Waals surface area contributed by atoms with E-state index in [2.05, 4.69) is 0 Å². The molecule has 0 radical (unpaired) electrons. The van der Waals surface area contributed by atoms with Crippen molar-refractivity contribution in [2.24, 2.45) is 10.9 Å². The summed E-state index contributed by atoms with van der Waals surface area (Å²) in [6.45, 7) is 1.57. The van der Waals surface area contributed by atoms with Crippen molar-refractivity contribution in [1.82, 2.24) is 0 Å². The Morgan fingerprint density at radius 3 is 2.64 bits per heavy atom. The topological polar surface area (TPSA) is 55.7 Å². The smallest absolute Gasteiger partial charge is 0.334 e. The van der Waals surface area contributed by atoms with Gasteiger partial charge in [-0.05, 0) is 31.7 Å². The van der Waals surface area contributed by atoms with Gasteiger partial charge in [0.1, 0.15) is 5.78 Å². The first-order chi connectivity index (χ1) is 12.1. The van der Waals surface area contributed by atoms with Crippen LogP contribution in [-0.4, -0.2) is 30.1 Å². The molecule has 2 atom stereocenters. The molecule has 0 bridgehead atoms. The van der Waals surface area contributed by atoms with E-state index in [1.54, 1.807) is 6.92 Å². The van der Waals surface area contributed by atoms with Crippen LogP contribution in [0.4, 0.5) is 0 Å². The van der Waals surface area contributed by atoms with E-state index >= 15 is 0 Å². The molecule has 0 spiro atoms. The van der Waals surface area contributed by atoms with Crippen molar-refractivity contribution >= 4 is 17.5 Å². The molecule has 0 saturated heterocycles. The van der Waals surface area contributed by atoms with Crippen molar-refractivity contribution in [3.8, 4) is 0 Å². The summed E-state index contributed by atoms with van der Waals surface area (Å²) < 4.78 is 5.14. The third kappa shape index (κ3) is 3.34. The lowest BCUT2D eigenvalue weighted by atomic mass is 9.74. The lowest BCUT2D eigenvalue weighted by molar-refractivity contribution is -0.148. The average Bonchev–Trinajstić information content (AvgIpc) is 3.30. The molecular weight excluding hydrogens is 314 g/mol. The van der Waals surface area contributed by atoms with Gasteiger partial charge in [-0.3, -0.25) is 4.99 Å². The van der Waals surface area contributed by atoms with Gasteiger partial charge in [0.2, 0.25) is 0 Å². The van der Waals surface area contributed by atoms with Gasteiger partial charge in [-0.2, -0.15) is 0 Å². The Bertz CT molecular complexity index is 761. The van der Waals surface area contributed by atoms with Crippen LogP contribution in [-0.2, 0) is 14.3 Å². The van der Waals surface area contributed by atoms with Gasteiger partial charge in [-0.1, -0.05) is 54.1 Å². The molecule has 0 aromatic heterocycles. The largest absolute Gasteiger partial charge is 0.467 e. The van der Waals surface area contributed by atoms with E-state index in [-0.39, 0.29) is 17.7 Å². The normalized spacial score (nSPS) is 23.1. The number of ether oxygens (including phenoxy) is 1. The first-order valence-electron chi connectivity index (χ1n) is 8.64. The number of allylic oxidation sites excluding steroid dienone is 3. The van der Waals surface area contributed by atoms with E-state index in [0.29, 0.717) is 19.3 Å². The molecule has 0 N–H and O–H groups in total. The minimum atomic E-state index is -1.01. The number of esters is 1. The van der Waals surface area contributed by atoms with Crippen molar-refractivity contribution < 1.29 is 14.3 Å². The minimum absolute atomic E-state index is 0.0597. The fraction of sp³-hybridized carbons (Fsp3) is 0.381. The molecule has 0 fully saturated rings. The highest BCUT2D eigenvalue weighted by Gasteiger charge is 2.51. The zero-order valence-corrected chi connectivity index (χ0v) is 14.7. The number of hydrogen-bond acceptors (Lipinski definition) is 4. The molecule has 3 rings (SSSR count). The third-order valence-electron chi connectivity index (χ3n) is 5.04. The quantitative estimate of drug-likeness (QED) is 0.744. The Hall–Kier alpha value is -2.49. The standard InChI is InChI=1S/C21H23NO3/c1-15(23)14-18(16-8-6-7-9-16)21(20(24)25-2)13-12-19(22-21)17-10-4-3-5-11-17/h3-8,10-11,18H,9,12-14H2,1-2H3/t18-,21+/m1/s1. The van der Waals surface area contributed by atoms with Crippen LogP contribution in [0.3, 0.4) is 0 Å². The number of Topliss-reactive ketones (excluding diaryl/α,β-unsaturated/α-hetero) is 1. The van der Waals surface area contributed by atoms with Crippen LogP contribution in [0.2, 0.25) is 0 Å². The second kappa shape index (κ2) is 7.18. The van der Waals surface area contributed by atoms with Crippen LogP contribution >= 0.6 is 0 Å². The number of nitrogens with zero attached hydrogens (tertiary/aromatic N) is 1. The molecule has 0 amide bonds. The second-order valence-electron chi connectivity index (χ2n) is 6.67. The van der Waals surface area contributed by atoms with Crippen LogP contribution in [0.1, 0.15) is 38.2 Å². The van der Waals surface area contributed by atoms with Crippen LogP contribution in [0, 0.1) is 5.92 Å². The molecule has 0 saturated carbocycles. The summed E-state index contributed by atoms with van der Waals surface area (Å²) in [7, 11) is 1.40. The lowest BCUT2D eigenvalue weighted by Gasteiger charge is -2.33. The Kier molecular flexibility index (Phi) is 4.98. The highest BCUT2D eigenvalue weighted by Crippen LogP contribution is 2.43. The second-order valence-corrected chi connectivity index (χ2v) is 6.67. The SMILES string of the molecule is COC(=O)[C@@]1([C@H](CC(C)=O)C2=CC=CC2)CCC(c2ccccc2)=N1. The van der Waals surface area contributed by atoms with Crippen LogP contribution < -0.4 is 0 Å². The van der Waals surface area contributed by atoms with Gasteiger partial charge in [0.25, 0.3) is 0 Å². The first-order valence-corrected chi connectivity index (χ1v) is 8.64. The molecule has 4 heteroatoms. The molecule has 1 aliphatic carbocycles. The molecule has 1 aromatic carbocycles. The summed E-state index contributed by atoms with van der Waals surface area (Å²) in [5.41, 5.74) is 2.00. The first kappa shape index (κ1) is 17.3. The Balaban J connectivity index is 2.05. The number of benzene rings is 1. The molecule has 0 unspecified atom stereocenters. The number of carbonyl (C=O) groups excluding carboxylic acids is 2. The number of hydrogen-bond donors (Lipinski definition) is 0. The summed E-state index contributed by atoms with van der Waals surface area (Å²) in [4.78, 5) is 29.6. The van der Waals surface area contributed by atoms with Gasteiger partial charge < -0.3 is 9.53 Å². The van der Waals surface area contributed by atoms with E-state index in [9.17, 15) is 9.59 Å². The molecular formula is C21H23NO3. The number of ketones is 1. The van der Waals surface area contributed by atoms with E-state index in [1.807, 2.05) is 48.6 Å². The zero-order valence-electron chi connectivity index (χ0n) is 14.7. The monoisotopic (exact) mass is 337 g/mol. The van der Waals surface area contributed by atoms with Crippen LogP contribution in [0.5, 0.6) is 0 Å². The van der Waals surface area contributed by atoms with Crippen LogP contribution in [0.15, 0.2) is 59.1 Å². The predicted molar refractivity (Wildman–Crippen MR) is 97.6 cm³/mol. The summed E-state index contributed by atoms with van der Waals surface area (Å²) in [6, 6.07) is 9.89. The van der Waals surface area contributed by atoms with Crippen LogP contribution in [0.25, 0.3) is 0 Å². The molecule has 130 valence electrons. The van der Waals surface area contributed by atoms with Crippen molar-refractivity contribution in [3.05, 3.63) is 59.7 Å². The highest BCUT2D eigenvalue weighted by molar-refractivity contribution is 6.05. The maximum Gasteiger partial charge on any atom is 0.334 e. The Morgan fingerprint density at radius 1 is 1.28 bits per heavy atom. The predicted octanol–water partition coefficient (Wildman–Crippen LogP) is 3.66. The van der Waals surface area contributed by atoms with Crippen molar-refractivity contribution in [2.75, 3.05) is 7.11 Å². The molecule has 25 heavy (non-hydrogen) atoms. The molecule has 2 aliphatic rings. The van der Waals surface area contributed by atoms with Crippen molar-refractivity contribution in [1.29, 1.82) is 0 Å². The van der Waals surface area contributed by atoms with Gasteiger partial charge in [0.15, 0.2) is 5.54 Å². The summed E-state index contributed by atoms with van der Waals surface area (Å²) in [5.74, 6) is -0.546. The molecule has 1 aliphatic heterocycles. The van der Waals surface area contributed by atoms with Gasteiger partial charge in [0.05, 0.1) is 7.11 Å². The Labute approximate surface area is 148 Å². The Morgan fingerprint density at radius 2 is 2.04 bits per heavy atom. The van der Waals surface area contributed by atoms with E-state index in [0.717, 1.165) is 23.3 Å². The van der Waals surface area contributed by atoms with Crippen molar-refractivity contribution in [3.63, 3.8) is 0 Å². The van der Waals surface area contributed by atoms with E-state index in [4.69, 9.17) is 9.73 Å². The maximum atomic E-state index is 12.8. The minimum Gasteiger partial charge on any atom is -0.467 e. The van der Waals surface area contributed by atoms with Gasteiger partial charge in [-0.15, -0.1) is 0 Å². The third-order valence-corrected chi connectivity index (χ3v) is 5.04. The van der Waals surface area contributed by atoms with Gasteiger partial charge in [0, 0.05) is 18.1 Å². The zero-order chi connectivity index (χ0) is 17.9. The summed E-state index contributed by atoms with van der Waals surface area (Å²) >= 11 is 0. The molecule has 4 nitrogen and oxygen atoms in total. The fourth-order valence-corrected chi connectivity index (χ4v) is 3.84. The average molecular weight is 337 g/mol. The maximum absolute atomic E-state index is 12.8. The number of methoxy groups -OCH3 is 1. The number of rotatable bonds is 6. The van der Waals surface area contributed by atoms with E-state index in [1.165, 1.54) is 7.11 Å². The van der Waals surface area contributed by atoms with E-state index < -0.39 is 5.54 Å². The van der Waals surface area contributed by atoms with Crippen molar-refractivity contribution in [2.45, 2.75) is 38.1 Å². The number of carbonyl (C=O) groups is 2. The summed E-state index contributed by atoms with van der Waals surface area (Å²) in [5, 5.41) is 0. The molecule has 1 aromatic rings. The number of aliphatic imine (C=N–C) groups is 1. The summed E-state index contributed by atoms with van der Waals surface area (Å²) in [6.07, 6.45) is 8.36. The highest BCUT2D eigenvalue weighted by atomic mass is 16.5. The van der Waals surface area contributed by atoms with Gasteiger partial charge >= 0.3 is 5.97 Å². The lowest BCUT2D eigenvalue weighted by Crippen LogP contribution is -2.45. The van der Waals surface area contributed by atoms with Gasteiger partial charge in [-0.25, -0.2) is 4.79 Å². The molecule has 1 heterocycles. The fourth-order valence-electron chi connectivity index (χ4n) is 3.84.